The number of hydrogen-bond acceptors (Lipinski definition) is 5. The third kappa shape index (κ3) is 7.94. The van der Waals surface area contributed by atoms with Crippen LogP contribution in [-0.4, -0.2) is 22.8 Å². The summed E-state index contributed by atoms with van der Waals surface area (Å²) in [6.07, 6.45) is 0. The zero-order valence-corrected chi connectivity index (χ0v) is 25.2. The van der Waals surface area contributed by atoms with Crippen molar-refractivity contribution < 1.29 is 23.2 Å². The molecule has 0 atom stereocenters. The summed E-state index contributed by atoms with van der Waals surface area (Å²) >= 11 is 0. The van der Waals surface area contributed by atoms with Gasteiger partial charge in [0.1, 0.15) is 34.1 Å². The lowest BCUT2D eigenvalue weighted by Gasteiger charge is -2.40. The van der Waals surface area contributed by atoms with Gasteiger partial charge in [0.05, 0.1) is 0 Å². The molecule has 0 aliphatic heterocycles. The predicted octanol–water partition coefficient (Wildman–Crippen LogP) is 8.98. The maximum atomic E-state index is 12.7. The Morgan fingerprint density at radius 1 is 0.500 bits per heavy atom. The van der Waals surface area contributed by atoms with Gasteiger partial charge in [-0.1, -0.05) is 0 Å². The van der Waals surface area contributed by atoms with E-state index in [1.807, 2.05) is 135 Å². The SMILES string of the molecule is CC(=O)OS(c1ccc(OC(C)(C)C)cc1)(c1ccc(OC(C)(C)C)cc1)c1ccc(OC(C)(C)C)cc1. The van der Waals surface area contributed by atoms with E-state index in [0.717, 1.165) is 31.9 Å². The topological polar surface area (TPSA) is 54.0 Å². The molecule has 6 heteroatoms. The van der Waals surface area contributed by atoms with E-state index in [2.05, 4.69) is 0 Å². The molecule has 0 fully saturated rings. The van der Waals surface area contributed by atoms with Crippen LogP contribution in [0, 0.1) is 0 Å². The third-order valence-corrected chi connectivity index (χ3v) is 8.27. The van der Waals surface area contributed by atoms with Crippen molar-refractivity contribution in [1.29, 1.82) is 0 Å². The predicted molar refractivity (Wildman–Crippen MR) is 155 cm³/mol. The average molecular weight is 539 g/mol. The van der Waals surface area contributed by atoms with Gasteiger partial charge >= 0.3 is 5.97 Å². The molecule has 38 heavy (non-hydrogen) atoms. The molecule has 3 rings (SSSR count). The molecule has 5 nitrogen and oxygen atoms in total. The van der Waals surface area contributed by atoms with Crippen LogP contribution in [0.5, 0.6) is 17.2 Å². The first-order valence-corrected chi connectivity index (χ1v) is 14.4. The van der Waals surface area contributed by atoms with Crippen LogP contribution in [0.4, 0.5) is 0 Å². The number of carbonyl (C=O) groups excluding carboxylic acids is 1. The van der Waals surface area contributed by atoms with Crippen molar-refractivity contribution in [3.05, 3.63) is 72.8 Å². The average Bonchev–Trinajstić information content (AvgIpc) is 2.76. The molecular weight excluding hydrogens is 496 g/mol. The number of benzene rings is 3. The van der Waals surface area contributed by atoms with Gasteiger partial charge in [0.2, 0.25) is 0 Å². The number of hydrogen-bond donors (Lipinski definition) is 0. The molecule has 0 amide bonds. The fourth-order valence-corrected chi connectivity index (χ4v) is 6.90. The van der Waals surface area contributed by atoms with Crippen LogP contribution in [0.25, 0.3) is 0 Å². The summed E-state index contributed by atoms with van der Waals surface area (Å²) in [4.78, 5) is 15.3. The molecule has 0 spiro atoms. The largest absolute Gasteiger partial charge is 0.488 e. The standard InChI is InChI=1S/C32H42O5S/c1-23(33)37-38(27-17-11-24(12-18-27)34-30(2,3)4,28-19-13-25(14-20-28)35-31(5,6)7)29-21-15-26(16-22-29)36-32(8,9)10/h11-22H,1-10H3. The smallest absolute Gasteiger partial charge is 0.313 e. The fourth-order valence-electron chi connectivity index (χ4n) is 3.89. The van der Waals surface area contributed by atoms with Gasteiger partial charge in [0.25, 0.3) is 0 Å². The summed E-state index contributed by atoms with van der Waals surface area (Å²) in [5, 5.41) is 0. The van der Waals surface area contributed by atoms with E-state index in [1.54, 1.807) is 0 Å². The second-order valence-corrected chi connectivity index (χ2v) is 14.9. The first-order chi connectivity index (χ1) is 17.5. The number of ether oxygens (including phenoxy) is 3. The summed E-state index contributed by atoms with van der Waals surface area (Å²) in [5.41, 5.74) is -0.979. The second-order valence-electron chi connectivity index (χ2n) is 12.2. The molecule has 0 heterocycles. The van der Waals surface area contributed by atoms with Crippen molar-refractivity contribution in [3.8, 4) is 17.2 Å². The van der Waals surface area contributed by atoms with Gasteiger partial charge in [-0.25, -0.2) is 0 Å². The quantitative estimate of drug-likeness (QED) is 0.300. The van der Waals surface area contributed by atoms with Gasteiger partial charge in [-0.15, -0.1) is 0 Å². The molecule has 0 N–H and O–H groups in total. The first-order valence-electron chi connectivity index (χ1n) is 12.9. The van der Waals surface area contributed by atoms with Gasteiger partial charge in [-0.05, 0) is 145 Å². The van der Waals surface area contributed by atoms with Crippen molar-refractivity contribution in [2.75, 3.05) is 0 Å². The van der Waals surface area contributed by atoms with Crippen molar-refractivity contribution in [2.45, 2.75) is 101 Å². The van der Waals surface area contributed by atoms with E-state index in [0.29, 0.717) is 0 Å². The number of rotatable bonds is 7. The summed E-state index contributed by atoms with van der Waals surface area (Å²) in [5.74, 6) is 1.89. The van der Waals surface area contributed by atoms with Crippen LogP contribution in [0.1, 0.15) is 69.2 Å². The van der Waals surface area contributed by atoms with Gasteiger partial charge in [0, 0.05) is 21.6 Å². The lowest BCUT2D eigenvalue weighted by molar-refractivity contribution is -0.131. The first kappa shape index (κ1) is 29.4. The monoisotopic (exact) mass is 538 g/mol. The molecule has 0 saturated heterocycles. The van der Waals surface area contributed by atoms with Crippen LogP contribution in [0.2, 0.25) is 0 Å². The van der Waals surface area contributed by atoms with Gasteiger partial charge in [0.15, 0.2) is 0 Å². The van der Waals surface area contributed by atoms with Crippen molar-refractivity contribution in [1.82, 2.24) is 0 Å². The highest BCUT2D eigenvalue weighted by atomic mass is 32.3. The minimum Gasteiger partial charge on any atom is -0.488 e. The highest BCUT2D eigenvalue weighted by Crippen LogP contribution is 2.69. The normalized spacial score (nSPS) is 13.0. The van der Waals surface area contributed by atoms with E-state index in [-0.39, 0.29) is 22.8 Å². The Balaban J connectivity index is 2.19. The summed E-state index contributed by atoms with van der Waals surface area (Å²) in [6, 6.07) is 23.5. The lowest BCUT2D eigenvalue weighted by atomic mass is 10.2. The van der Waals surface area contributed by atoms with Gasteiger partial charge in [-0.3, -0.25) is 4.79 Å². The highest BCUT2D eigenvalue weighted by molar-refractivity contribution is 8.30. The molecular formula is C32H42O5S. The van der Waals surface area contributed by atoms with Crippen LogP contribution < -0.4 is 14.2 Å². The Kier molecular flexibility index (Phi) is 8.47. The molecule has 0 saturated carbocycles. The van der Waals surface area contributed by atoms with E-state index in [4.69, 9.17) is 18.4 Å². The summed E-state index contributed by atoms with van der Waals surface area (Å²) in [6.45, 7) is 19.6. The highest BCUT2D eigenvalue weighted by Gasteiger charge is 2.35. The fraction of sp³-hybridized carbons (Fsp3) is 0.406. The second kappa shape index (κ2) is 10.9. The Hall–Kier alpha value is -3.12. The van der Waals surface area contributed by atoms with Crippen LogP contribution in [-0.2, 0) is 8.98 Å². The number of carbonyl (C=O) groups is 1. The van der Waals surface area contributed by atoms with Crippen LogP contribution in [0.3, 0.4) is 0 Å². The molecule has 0 aliphatic carbocycles. The molecule has 0 radical (unpaired) electrons. The Labute approximate surface area is 230 Å². The molecule has 0 unspecified atom stereocenters. The summed E-state index contributed by atoms with van der Waals surface area (Å²) in [7, 11) is -2.43. The molecule has 3 aromatic carbocycles. The van der Waals surface area contributed by atoms with Crippen LogP contribution in [0.15, 0.2) is 87.5 Å². The third-order valence-electron chi connectivity index (χ3n) is 4.98. The maximum absolute atomic E-state index is 12.7. The minimum absolute atomic E-state index is 0.326. The molecule has 3 aromatic rings. The van der Waals surface area contributed by atoms with E-state index < -0.39 is 10.3 Å². The Morgan fingerprint density at radius 3 is 0.921 bits per heavy atom. The van der Waals surface area contributed by atoms with Gasteiger partial charge < -0.3 is 18.4 Å². The Bertz CT molecular complexity index is 1070. The minimum atomic E-state index is -2.43. The Morgan fingerprint density at radius 2 is 0.737 bits per heavy atom. The summed E-state index contributed by atoms with van der Waals surface area (Å²) < 4.78 is 24.5. The zero-order chi connectivity index (χ0) is 28.4. The van der Waals surface area contributed by atoms with E-state index in [9.17, 15) is 4.79 Å². The van der Waals surface area contributed by atoms with Gasteiger partial charge in [-0.2, -0.15) is 0 Å². The van der Waals surface area contributed by atoms with Crippen molar-refractivity contribution in [2.24, 2.45) is 0 Å². The van der Waals surface area contributed by atoms with Crippen molar-refractivity contribution in [3.63, 3.8) is 0 Å². The zero-order valence-electron chi connectivity index (χ0n) is 24.4. The van der Waals surface area contributed by atoms with Crippen molar-refractivity contribution >= 4 is 16.3 Å². The lowest BCUT2D eigenvalue weighted by Crippen LogP contribution is -2.23. The van der Waals surface area contributed by atoms with E-state index >= 15 is 0 Å². The molecule has 0 bridgehead atoms. The molecule has 206 valence electrons. The maximum Gasteiger partial charge on any atom is 0.313 e. The molecule has 0 aliphatic rings. The molecule has 0 aromatic heterocycles. The van der Waals surface area contributed by atoms with Crippen LogP contribution >= 0.6 is 10.3 Å². The van der Waals surface area contributed by atoms with E-state index in [1.165, 1.54) is 6.92 Å².